The lowest BCUT2D eigenvalue weighted by Gasteiger charge is -1.94. The number of nitrogens with one attached hydrogen (secondary N) is 1. The summed E-state index contributed by atoms with van der Waals surface area (Å²) in [5, 5.41) is 16.5. The molecule has 0 bridgehead atoms. The topological polar surface area (TPSA) is 72.0 Å². The number of aromatic amines is 1. The van der Waals surface area contributed by atoms with Crippen molar-refractivity contribution in [2.24, 2.45) is 0 Å². The summed E-state index contributed by atoms with van der Waals surface area (Å²) < 4.78 is 7.83. The lowest BCUT2D eigenvalue weighted by atomic mass is 10.1. The van der Waals surface area contributed by atoms with E-state index in [-0.39, 0.29) is 0 Å². The molecule has 0 spiro atoms. The van der Waals surface area contributed by atoms with Crippen molar-refractivity contribution in [1.82, 2.24) is 24.8 Å². The molecular weight excluding hydrogens is 358 g/mol. The molecule has 0 aliphatic rings. The fourth-order valence-electron chi connectivity index (χ4n) is 3.50. The summed E-state index contributed by atoms with van der Waals surface area (Å²) in [7, 11) is 0. The van der Waals surface area contributed by atoms with E-state index in [1.807, 2.05) is 49.5 Å². The van der Waals surface area contributed by atoms with Gasteiger partial charge in [0.25, 0.3) is 0 Å². The molecule has 0 saturated heterocycles. The minimum atomic E-state index is 0.626. The van der Waals surface area contributed by atoms with Crippen molar-refractivity contribution in [2.75, 3.05) is 0 Å². The molecule has 0 atom stereocenters. The molecule has 4 aromatic heterocycles. The van der Waals surface area contributed by atoms with Crippen molar-refractivity contribution >= 4 is 38.2 Å². The number of H-pyrrole nitrogens is 1. The van der Waals surface area contributed by atoms with Gasteiger partial charge in [-0.1, -0.05) is 47.7 Å². The fourth-order valence-corrected chi connectivity index (χ4v) is 4.37. The minimum Gasteiger partial charge on any atom is -0.452 e. The highest BCUT2D eigenvalue weighted by atomic mass is 32.1. The smallest absolute Gasteiger partial charge is 0.235 e. The molecule has 0 fully saturated rings. The van der Waals surface area contributed by atoms with E-state index in [9.17, 15) is 0 Å². The van der Waals surface area contributed by atoms with Gasteiger partial charge in [-0.3, -0.25) is 0 Å². The molecule has 0 amide bonds. The van der Waals surface area contributed by atoms with E-state index in [4.69, 9.17) is 9.52 Å². The maximum absolute atomic E-state index is 6.06. The Hall–Kier alpha value is -3.45. The number of fused-ring (bicyclic) bond motifs is 3. The Labute approximate surface area is 157 Å². The van der Waals surface area contributed by atoms with Gasteiger partial charge in [0.2, 0.25) is 10.8 Å². The number of hydrogen-bond acceptors (Lipinski definition) is 5. The number of nitrogens with zero attached hydrogens (tertiary/aromatic N) is 4. The number of aryl methyl sites for hydroxylation is 1. The van der Waals surface area contributed by atoms with Crippen molar-refractivity contribution in [2.45, 2.75) is 6.92 Å². The van der Waals surface area contributed by atoms with Crippen LogP contribution in [-0.2, 0) is 0 Å². The standard InChI is InChI=1S/C20H13N5OS/c1-11-12-6-3-5-9-16(12)26-17(11)18-22-23-20-25(18)24-19(27-20)14-10-21-15-8-4-2-7-13(14)15/h2-10,21H,1H3. The van der Waals surface area contributed by atoms with Gasteiger partial charge in [-0.05, 0) is 19.1 Å². The molecule has 0 unspecified atom stereocenters. The molecule has 27 heavy (non-hydrogen) atoms. The Morgan fingerprint density at radius 2 is 1.81 bits per heavy atom. The van der Waals surface area contributed by atoms with Crippen molar-refractivity contribution < 1.29 is 4.42 Å². The number of rotatable bonds is 2. The van der Waals surface area contributed by atoms with Gasteiger partial charge in [0.1, 0.15) is 10.6 Å². The van der Waals surface area contributed by atoms with Gasteiger partial charge in [-0.25, -0.2) is 0 Å². The monoisotopic (exact) mass is 371 g/mol. The molecule has 0 saturated carbocycles. The largest absolute Gasteiger partial charge is 0.452 e. The molecule has 6 aromatic rings. The molecule has 130 valence electrons. The van der Waals surface area contributed by atoms with E-state index in [1.54, 1.807) is 4.52 Å². The van der Waals surface area contributed by atoms with Crippen LogP contribution in [0.25, 0.3) is 49.0 Å². The molecule has 0 radical (unpaired) electrons. The van der Waals surface area contributed by atoms with E-state index in [0.29, 0.717) is 11.6 Å². The quantitative estimate of drug-likeness (QED) is 0.462. The highest BCUT2D eigenvalue weighted by Crippen LogP contribution is 2.35. The second-order valence-corrected chi connectivity index (χ2v) is 7.38. The molecule has 0 aliphatic carbocycles. The van der Waals surface area contributed by atoms with Crippen molar-refractivity contribution in [3.63, 3.8) is 0 Å². The Morgan fingerprint density at radius 1 is 1.00 bits per heavy atom. The zero-order chi connectivity index (χ0) is 18.0. The lowest BCUT2D eigenvalue weighted by Crippen LogP contribution is -1.91. The zero-order valence-corrected chi connectivity index (χ0v) is 15.1. The van der Waals surface area contributed by atoms with E-state index < -0.39 is 0 Å². The molecule has 4 heterocycles. The maximum atomic E-state index is 6.06. The first-order chi connectivity index (χ1) is 13.3. The average molecular weight is 371 g/mol. The minimum absolute atomic E-state index is 0.626. The van der Waals surface area contributed by atoms with Gasteiger partial charge in [-0.2, -0.15) is 9.61 Å². The van der Waals surface area contributed by atoms with Crippen LogP contribution >= 0.6 is 11.3 Å². The number of aromatic nitrogens is 5. The first-order valence-electron chi connectivity index (χ1n) is 8.57. The number of hydrogen-bond donors (Lipinski definition) is 1. The molecular formula is C20H13N5OS. The third-order valence-corrected chi connectivity index (χ3v) is 5.79. The fraction of sp³-hybridized carbons (Fsp3) is 0.0500. The number of furan rings is 1. The Bertz CT molecular complexity index is 1450. The summed E-state index contributed by atoms with van der Waals surface area (Å²) in [4.78, 5) is 4.04. The molecule has 6 nitrogen and oxygen atoms in total. The highest BCUT2D eigenvalue weighted by molar-refractivity contribution is 7.20. The van der Waals surface area contributed by atoms with Crippen LogP contribution in [-0.4, -0.2) is 24.8 Å². The van der Waals surface area contributed by atoms with Gasteiger partial charge >= 0.3 is 0 Å². The first-order valence-corrected chi connectivity index (χ1v) is 9.38. The van der Waals surface area contributed by atoms with Gasteiger partial charge in [-0.15, -0.1) is 10.2 Å². The number of benzene rings is 2. The first kappa shape index (κ1) is 14.7. The van der Waals surface area contributed by atoms with Crippen LogP contribution in [0.5, 0.6) is 0 Å². The Balaban J connectivity index is 1.56. The van der Waals surface area contributed by atoms with Gasteiger partial charge in [0.15, 0.2) is 5.76 Å². The van der Waals surface area contributed by atoms with E-state index in [2.05, 4.69) is 27.3 Å². The summed E-state index contributed by atoms with van der Waals surface area (Å²) in [6.45, 7) is 2.04. The summed E-state index contributed by atoms with van der Waals surface area (Å²) in [5.74, 6) is 1.33. The van der Waals surface area contributed by atoms with E-state index in [0.717, 1.165) is 43.0 Å². The van der Waals surface area contributed by atoms with Crippen molar-refractivity contribution in [3.8, 4) is 22.2 Å². The van der Waals surface area contributed by atoms with E-state index >= 15 is 0 Å². The molecule has 1 N–H and O–H groups in total. The zero-order valence-electron chi connectivity index (χ0n) is 14.3. The lowest BCUT2D eigenvalue weighted by molar-refractivity contribution is 0.619. The Morgan fingerprint density at radius 3 is 2.70 bits per heavy atom. The second-order valence-electron chi connectivity index (χ2n) is 6.43. The number of para-hydroxylation sites is 2. The average Bonchev–Trinajstić information content (AvgIpc) is 3.43. The molecule has 7 heteroatoms. The van der Waals surface area contributed by atoms with Crippen LogP contribution in [0.1, 0.15) is 5.56 Å². The third-order valence-electron chi connectivity index (χ3n) is 4.86. The molecule has 2 aromatic carbocycles. The van der Waals surface area contributed by atoms with Crippen molar-refractivity contribution in [3.05, 3.63) is 60.3 Å². The van der Waals surface area contributed by atoms with Crippen LogP contribution in [0.15, 0.2) is 59.1 Å². The normalized spacial score (nSPS) is 11.9. The van der Waals surface area contributed by atoms with Crippen LogP contribution < -0.4 is 0 Å². The summed E-state index contributed by atoms with van der Waals surface area (Å²) in [5.41, 5.74) is 4.04. The maximum Gasteiger partial charge on any atom is 0.235 e. The summed E-state index contributed by atoms with van der Waals surface area (Å²) >= 11 is 1.51. The second kappa shape index (κ2) is 5.28. The predicted molar refractivity (Wildman–Crippen MR) is 106 cm³/mol. The Kier molecular flexibility index (Phi) is 2.87. The summed E-state index contributed by atoms with van der Waals surface area (Å²) in [6, 6.07) is 16.2. The van der Waals surface area contributed by atoms with Gasteiger partial charge in [0.05, 0.1) is 0 Å². The van der Waals surface area contributed by atoms with Crippen molar-refractivity contribution in [1.29, 1.82) is 0 Å². The van der Waals surface area contributed by atoms with Crippen LogP contribution in [0.3, 0.4) is 0 Å². The van der Waals surface area contributed by atoms with E-state index in [1.165, 1.54) is 11.3 Å². The van der Waals surface area contributed by atoms with Crippen LogP contribution in [0.4, 0.5) is 0 Å². The SMILES string of the molecule is Cc1c(-c2nnc3sc(-c4c[nH]c5ccccc45)nn23)oc2ccccc12. The third kappa shape index (κ3) is 2.03. The predicted octanol–water partition coefficient (Wildman–Crippen LogP) is 5.06. The van der Waals surface area contributed by atoms with Crippen LogP contribution in [0.2, 0.25) is 0 Å². The molecule has 6 rings (SSSR count). The molecule has 0 aliphatic heterocycles. The summed E-state index contributed by atoms with van der Waals surface area (Å²) in [6.07, 6.45) is 1.99. The highest BCUT2D eigenvalue weighted by Gasteiger charge is 2.21. The van der Waals surface area contributed by atoms with Gasteiger partial charge in [0, 0.05) is 33.6 Å². The van der Waals surface area contributed by atoms with Gasteiger partial charge < -0.3 is 9.40 Å². The van der Waals surface area contributed by atoms with Crippen LogP contribution in [0, 0.1) is 6.92 Å².